The van der Waals surface area contributed by atoms with Crippen LogP contribution in [-0.4, -0.2) is 8.56 Å². The zero-order chi connectivity index (χ0) is 5.86. The van der Waals surface area contributed by atoms with Crippen molar-refractivity contribution >= 4 is 47.8 Å². The van der Waals surface area contributed by atoms with E-state index in [4.69, 9.17) is 5.26 Å². The monoisotopic (exact) mass is 289 g/mol. The van der Waals surface area contributed by atoms with Gasteiger partial charge in [0.1, 0.15) is 4.83 Å². The van der Waals surface area contributed by atoms with Crippen LogP contribution in [0, 0.1) is 11.3 Å². The highest BCUT2D eigenvalue weighted by Crippen LogP contribution is 2.18. The number of hydrogen-bond acceptors (Lipinski definition) is 1. The van der Waals surface area contributed by atoms with Crippen molar-refractivity contribution in [3.63, 3.8) is 0 Å². The molecule has 40 valence electrons. The van der Waals surface area contributed by atoms with Crippen molar-refractivity contribution in [2.75, 3.05) is 0 Å². The van der Waals surface area contributed by atoms with Crippen molar-refractivity contribution < 1.29 is 0 Å². The van der Waals surface area contributed by atoms with Gasteiger partial charge in [0.15, 0.2) is 0 Å². The van der Waals surface area contributed by atoms with Gasteiger partial charge in [0.25, 0.3) is 0 Å². The molecule has 0 aromatic rings. The molecule has 0 heterocycles. The molecule has 4 heteroatoms. The van der Waals surface area contributed by atoms with Crippen molar-refractivity contribution in [3.05, 3.63) is 0 Å². The Hall–Kier alpha value is 0.930. The Morgan fingerprint density at radius 2 is 1.71 bits per heavy atom. The van der Waals surface area contributed by atoms with Crippen LogP contribution in [0.5, 0.6) is 0 Å². The standard InChI is InChI=1S/C3H2Br3N/c4-2(1-7)3(5)6/h2-3H. The fourth-order valence-electron chi connectivity index (χ4n) is 0.0563. The van der Waals surface area contributed by atoms with Crippen LogP contribution < -0.4 is 0 Å². The summed E-state index contributed by atoms with van der Waals surface area (Å²) in [6.07, 6.45) is 0. The highest BCUT2D eigenvalue weighted by molar-refractivity contribution is 9.25. The number of alkyl halides is 3. The molecule has 0 N–H and O–H groups in total. The first-order valence-electron chi connectivity index (χ1n) is 1.50. The molecule has 1 nitrogen and oxygen atoms in total. The van der Waals surface area contributed by atoms with Gasteiger partial charge in [-0.2, -0.15) is 5.26 Å². The molecule has 0 bridgehead atoms. The van der Waals surface area contributed by atoms with E-state index >= 15 is 0 Å². The molecule has 0 amide bonds. The second-order valence-corrected chi connectivity index (χ2v) is 5.05. The van der Waals surface area contributed by atoms with Gasteiger partial charge in [0, 0.05) is 0 Å². The largest absolute Gasteiger partial charge is 0.197 e. The van der Waals surface area contributed by atoms with Crippen LogP contribution in [0.1, 0.15) is 0 Å². The Kier molecular flexibility index (Phi) is 4.39. The van der Waals surface area contributed by atoms with Crippen molar-refractivity contribution in [1.82, 2.24) is 0 Å². The van der Waals surface area contributed by atoms with Crippen LogP contribution in [-0.2, 0) is 0 Å². The van der Waals surface area contributed by atoms with Crippen LogP contribution in [0.15, 0.2) is 0 Å². The SMILES string of the molecule is N#CC(Br)C(Br)Br. The fraction of sp³-hybridized carbons (Fsp3) is 0.667. The zero-order valence-electron chi connectivity index (χ0n) is 3.24. The number of nitriles is 1. The average Bonchev–Trinajstić information content (AvgIpc) is 1.65. The Balaban J connectivity index is 3.40. The van der Waals surface area contributed by atoms with Crippen molar-refractivity contribution in [1.29, 1.82) is 5.26 Å². The third-order valence-electron chi connectivity index (χ3n) is 0.345. The number of hydrogen-bond donors (Lipinski definition) is 0. The molecular weight excluding hydrogens is 290 g/mol. The van der Waals surface area contributed by atoms with Crippen LogP contribution in [0.3, 0.4) is 0 Å². The summed E-state index contributed by atoms with van der Waals surface area (Å²) in [7, 11) is 0. The normalized spacial score (nSPS) is 13.6. The predicted octanol–water partition coefficient (Wildman–Crippen LogP) is 2.39. The first-order valence-corrected chi connectivity index (χ1v) is 4.25. The molecule has 1 atom stereocenters. The molecule has 0 radical (unpaired) electrons. The summed E-state index contributed by atoms with van der Waals surface area (Å²) in [5.41, 5.74) is 0. The van der Waals surface area contributed by atoms with Gasteiger partial charge < -0.3 is 0 Å². The number of nitrogens with zero attached hydrogens (tertiary/aromatic N) is 1. The van der Waals surface area contributed by atoms with Crippen LogP contribution in [0.4, 0.5) is 0 Å². The zero-order valence-corrected chi connectivity index (χ0v) is 7.99. The average molecular weight is 292 g/mol. The van der Waals surface area contributed by atoms with Crippen LogP contribution >= 0.6 is 47.8 Å². The first-order chi connectivity index (χ1) is 3.18. The molecule has 7 heavy (non-hydrogen) atoms. The lowest BCUT2D eigenvalue weighted by molar-refractivity contribution is 1.26. The smallest absolute Gasteiger partial charge is 0.124 e. The Labute approximate surface area is 67.5 Å². The third kappa shape index (κ3) is 3.51. The van der Waals surface area contributed by atoms with Gasteiger partial charge in [-0.1, -0.05) is 47.8 Å². The minimum Gasteiger partial charge on any atom is -0.197 e. The lowest BCUT2D eigenvalue weighted by atomic mass is 10.6. The maximum Gasteiger partial charge on any atom is 0.124 e. The van der Waals surface area contributed by atoms with Crippen molar-refractivity contribution in [3.8, 4) is 6.07 Å². The van der Waals surface area contributed by atoms with Crippen molar-refractivity contribution in [2.45, 2.75) is 8.56 Å². The predicted molar refractivity (Wildman–Crippen MR) is 40.0 cm³/mol. The Morgan fingerprint density at radius 1 is 1.29 bits per heavy atom. The summed E-state index contributed by atoms with van der Waals surface area (Å²) >= 11 is 9.38. The lowest BCUT2D eigenvalue weighted by Crippen LogP contribution is -2.01. The van der Waals surface area contributed by atoms with Gasteiger partial charge in [0.2, 0.25) is 0 Å². The molecule has 0 rings (SSSR count). The maximum absolute atomic E-state index is 8.15. The summed E-state index contributed by atoms with van der Waals surface area (Å²) in [5.74, 6) is 0. The fourth-order valence-corrected chi connectivity index (χ4v) is 0.293. The summed E-state index contributed by atoms with van der Waals surface area (Å²) in [5, 5.41) is 8.15. The molecule has 0 saturated carbocycles. The minimum absolute atomic E-state index is 0.0463. The molecule has 0 aliphatic rings. The van der Waals surface area contributed by atoms with Crippen LogP contribution in [0.2, 0.25) is 0 Å². The highest BCUT2D eigenvalue weighted by atomic mass is 79.9. The van der Waals surface area contributed by atoms with E-state index < -0.39 is 0 Å². The van der Waals surface area contributed by atoms with E-state index in [2.05, 4.69) is 47.8 Å². The van der Waals surface area contributed by atoms with E-state index in [9.17, 15) is 0 Å². The second kappa shape index (κ2) is 3.88. The molecule has 0 saturated heterocycles. The van der Waals surface area contributed by atoms with Gasteiger partial charge in [-0.3, -0.25) is 0 Å². The first kappa shape index (κ1) is 7.93. The van der Waals surface area contributed by atoms with Gasteiger partial charge >= 0.3 is 0 Å². The van der Waals surface area contributed by atoms with Crippen molar-refractivity contribution in [2.24, 2.45) is 0 Å². The maximum atomic E-state index is 8.15. The molecule has 0 aromatic heterocycles. The van der Waals surface area contributed by atoms with E-state index in [0.29, 0.717) is 0 Å². The van der Waals surface area contributed by atoms with E-state index in [-0.39, 0.29) is 8.56 Å². The molecule has 0 aliphatic carbocycles. The number of halogens is 3. The molecule has 1 unspecified atom stereocenters. The Bertz CT molecular complexity index is 84.7. The lowest BCUT2D eigenvalue weighted by Gasteiger charge is -1.96. The van der Waals surface area contributed by atoms with Gasteiger partial charge in [-0.25, -0.2) is 0 Å². The van der Waals surface area contributed by atoms with Gasteiger partial charge in [-0.05, 0) is 0 Å². The van der Waals surface area contributed by atoms with E-state index in [1.165, 1.54) is 0 Å². The van der Waals surface area contributed by atoms with E-state index in [1.807, 2.05) is 6.07 Å². The topological polar surface area (TPSA) is 23.8 Å². The van der Waals surface area contributed by atoms with Crippen LogP contribution in [0.25, 0.3) is 0 Å². The third-order valence-corrected chi connectivity index (χ3v) is 3.55. The molecular formula is C3H2Br3N. The van der Waals surface area contributed by atoms with Gasteiger partial charge in [-0.15, -0.1) is 0 Å². The second-order valence-electron chi connectivity index (χ2n) is 0.865. The van der Waals surface area contributed by atoms with Gasteiger partial charge in [0.05, 0.1) is 9.81 Å². The summed E-state index contributed by atoms with van der Waals surface area (Å²) in [6, 6.07) is 1.99. The minimum atomic E-state index is -0.146. The van der Waals surface area contributed by atoms with E-state index in [0.717, 1.165) is 0 Å². The number of rotatable bonds is 1. The summed E-state index contributed by atoms with van der Waals surface area (Å²) in [6.45, 7) is 0. The van der Waals surface area contributed by atoms with E-state index in [1.54, 1.807) is 0 Å². The molecule has 0 fully saturated rings. The summed E-state index contributed by atoms with van der Waals surface area (Å²) < 4.78 is 0.0463. The quantitative estimate of drug-likeness (QED) is 0.681. The molecule has 0 aromatic carbocycles. The molecule has 0 spiro atoms. The Morgan fingerprint density at radius 3 is 1.71 bits per heavy atom. The summed E-state index contributed by atoms with van der Waals surface area (Å²) in [4.78, 5) is -0.146. The molecule has 0 aliphatic heterocycles. The highest BCUT2D eigenvalue weighted by Gasteiger charge is 2.08.